The summed E-state index contributed by atoms with van der Waals surface area (Å²) >= 11 is 0. The topological polar surface area (TPSA) is 19.4 Å². The Balaban J connectivity index is 1.89. The van der Waals surface area contributed by atoms with Crippen LogP contribution in [-0.4, -0.2) is 4.98 Å². The van der Waals surface area contributed by atoms with Crippen LogP contribution >= 0.6 is 0 Å². The molecule has 23 heavy (non-hydrogen) atoms. The molecular weight excluding hydrogens is 282 g/mol. The molecule has 3 aromatic rings. The zero-order chi connectivity index (χ0) is 15.8. The second-order valence-electron chi connectivity index (χ2n) is 5.56. The van der Waals surface area contributed by atoms with E-state index in [0.29, 0.717) is 0 Å². The summed E-state index contributed by atoms with van der Waals surface area (Å²) in [5.74, 6) is 0.913. The first-order chi connectivity index (χ1) is 11.3. The number of rotatable bonds is 2. The Morgan fingerprint density at radius 3 is 2.26 bits per heavy atom. The molecule has 0 spiro atoms. The van der Waals surface area contributed by atoms with Gasteiger partial charge in [-0.15, -0.1) is 0 Å². The maximum absolute atomic E-state index is 4.61. The largest absolute Gasteiger partial charge is 0.310 e. The average Bonchev–Trinajstić information content (AvgIpc) is 2.88. The van der Waals surface area contributed by atoms with Gasteiger partial charge in [-0.1, -0.05) is 36.4 Å². The van der Waals surface area contributed by atoms with Gasteiger partial charge in [0.1, 0.15) is 0 Å². The van der Waals surface area contributed by atoms with Crippen molar-refractivity contribution in [2.45, 2.75) is 6.92 Å². The molecule has 1 aromatic heterocycles. The lowest BCUT2D eigenvalue weighted by Crippen LogP contribution is -2.28. The SMILES string of the molecule is [CH2][C]1N(c2ccccc2)c2cccnc2N1c1ccccc1C. The predicted molar refractivity (Wildman–Crippen MR) is 94.7 cm³/mol. The standard InChI is InChI=1S/C20H17N3/c1-15-9-6-7-12-18(15)23-16(2)22(17-10-4-3-5-11-17)19-13-8-14-21-20(19)23/h3-14H,2H2,1H3. The van der Waals surface area contributed by atoms with E-state index >= 15 is 0 Å². The van der Waals surface area contributed by atoms with Crippen LogP contribution in [0.4, 0.5) is 22.9 Å². The molecule has 0 atom stereocenters. The molecular formula is C20H17N3. The molecule has 4 rings (SSSR count). The first-order valence-corrected chi connectivity index (χ1v) is 7.62. The van der Waals surface area contributed by atoms with Gasteiger partial charge in [-0.05, 0) is 49.7 Å². The van der Waals surface area contributed by atoms with Gasteiger partial charge in [0.05, 0.1) is 5.69 Å². The molecule has 2 aromatic carbocycles. The molecule has 3 nitrogen and oxygen atoms in total. The van der Waals surface area contributed by atoms with E-state index in [4.69, 9.17) is 0 Å². The van der Waals surface area contributed by atoms with Crippen LogP contribution in [-0.2, 0) is 0 Å². The van der Waals surface area contributed by atoms with E-state index in [9.17, 15) is 0 Å². The van der Waals surface area contributed by atoms with Gasteiger partial charge in [0.15, 0.2) is 12.0 Å². The number of benzene rings is 2. The van der Waals surface area contributed by atoms with Crippen molar-refractivity contribution in [3.8, 4) is 0 Å². The molecule has 0 unspecified atom stereocenters. The van der Waals surface area contributed by atoms with Crippen molar-refractivity contribution in [2.75, 3.05) is 9.80 Å². The van der Waals surface area contributed by atoms with Crippen molar-refractivity contribution in [1.29, 1.82) is 0 Å². The average molecular weight is 299 g/mol. The van der Waals surface area contributed by atoms with Crippen molar-refractivity contribution in [2.24, 2.45) is 0 Å². The van der Waals surface area contributed by atoms with Crippen molar-refractivity contribution in [3.63, 3.8) is 0 Å². The molecule has 0 saturated carbocycles. The molecule has 0 fully saturated rings. The van der Waals surface area contributed by atoms with Gasteiger partial charge in [-0.3, -0.25) is 4.90 Å². The molecule has 0 bridgehead atoms. The Kier molecular flexibility index (Phi) is 3.27. The fourth-order valence-corrected chi connectivity index (χ4v) is 3.03. The molecule has 2 heterocycles. The van der Waals surface area contributed by atoms with Crippen molar-refractivity contribution in [1.82, 2.24) is 4.98 Å². The Morgan fingerprint density at radius 1 is 0.783 bits per heavy atom. The van der Waals surface area contributed by atoms with Gasteiger partial charge in [0, 0.05) is 17.6 Å². The summed E-state index contributed by atoms with van der Waals surface area (Å²) in [6.07, 6.45) is 2.71. The summed E-state index contributed by atoms with van der Waals surface area (Å²) in [5.41, 5.74) is 4.44. The number of aromatic nitrogens is 1. The molecule has 0 N–H and O–H groups in total. The summed E-state index contributed by atoms with van der Waals surface area (Å²) in [5, 5.41) is 0. The highest BCUT2D eigenvalue weighted by Crippen LogP contribution is 2.49. The van der Waals surface area contributed by atoms with E-state index in [2.05, 4.69) is 59.0 Å². The highest BCUT2D eigenvalue weighted by molar-refractivity contribution is 5.90. The Morgan fingerprint density at radius 2 is 1.48 bits per heavy atom. The first kappa shape index (κ1) is 13.8. The maximum atomic E-state index is 4.61. The van der Waals surface area contributed by atoms with Crippen molar-refractivity contribution in [3.05, 3.63) is 91.6 Å². The summed E-state index contributed by atoms with van der Waals surface area (Å²) < 4.78 is 0. The Bertz CT molecular complexity index is 829. The van der Waals surface area contributed by atoms with Crippen LogP contribution in [0.25, 0.3) is 0 Å². The number of pyridine rings is 1. The summed E-state index contributed by atoms with van der Waals surface area (Å²) in [7, 11) is 0. The van der Waals surface area contributed by atoms with Gasteiger partial charge < -0.3 is 4.90 Å². The molecule has 0 amide bonds. The third kappa shape index (κ3) is 2.16. The van der Waals surface area contributed by atoms with Gasteiger partial charge in [-0.2, -0.15) is 0 Å². The second kappa shape index (κ2) is 5.43. The third-order valence-electron chi connectivity index (χ3n) is 4.11. The lowest BCUT2D eigenvalue weighted by molar-refractivity contribution is 0.990. The summed E-state index contributed by atoms with van der Waals surface area (Å²) in [4.78, 5) is 8.88. The Hall–Kier alpha value is -2.81. The van der Waals surface area contributed by atoms with E-state index in [1.54, 1.807) is 0 Å². The summed E-state index contributed by atoms with van der Waals surface area (Å²) in [6.45, 7) is 6.45. The predicted octanol–water partition coefficient (Wildman–Crippen LogP) is 5.00. The fourth-order valence-electron chi connectivity index (χ4n) is 3.03. The van der Waals surface area contributed by atoms with E-state index in [1.807, 2.05) is 42.6 Å². The number of fused-ring (bicyclic) bond motifs is 1. The fraction of sp³-hybridized carbons (Fsp3) is 0.0500. The molecule has 3 heteroatoms. The van der Waals surface area contributed by atoms with E-state index in [1.165, 1.54) is 5.56 Å². The van der Waals surface area contributed by atoms with E-state index < -0.39 is 0 Å². The minimum Gasteiger partial charge on any atom is -0.310 e. The minimum absolute atomic E-state index is 0.888. The van der Waals surface area contributed by atoms with E-state index in [0.717, 1.165) is 29.0 Å². The molecule has 0 aliphatic carbocycles. The van der Waals surface area contributed by atoms with Gasteiger partial charge >= 0.3 is 0 Å². The smallest absolute Gasteiger partial charge is 0.167 e. The third-order valence-corrected chi connectivity index (χ3v) is 4.11. The highest BCUT2D eigenvalue weighted by Gasteiger charge is 2.37. The quantitative estimate of drug-likeness (QED) is 0.663. The van der Waals surface area contributed by atoms with Crippen molar-refractivity contribution < 1.29 is 0 Å². The normalized spacial score (nSPS) is 14.2. The molecule has 0 saturated heterocycles. The van der Waals surface area contributed by atoms with Crippen LogP contribution in [0.15, 0.2) is 72.9 Å². The second-order valence-corrected chi connectivity index (χ2v) is 5.56. The van der Waals surface area contributed by atoms with Crippen molar-refractivity contribution >= 4 is 22.9 Å². The minimum atomic E-state index is 0.888. The maximum Gasteiger partial charge on any atom is 0.167 e. The van der Waals surface area contributed by atoms with Crippen LogP contribution in [0.2, 0.25) is 0 Å². The number of hydrogen-bond acceptors (Lipinski definition) is 3. The summed E-state index contributed by atoms with van der Waals surface area (Å²) in [6, 6.07) is 22.6. The van der Waals surface area contributed by atoms with Gasteiger partial charge in [0.25, 0.3) is 0 Å². The zero-order valence-corrected chi connectivity index (χ0v) is 13.0. The van der Waals surface area contributed by atoms with Crippen LogP contribution < -0.4 is 9.80 Å². The lowest BCUT2D eigenvalue weighted by atomic mass is 10.2. The number of aryl methyl sites for hydroxylation is 1. The Labute approximate surface area is 136 Å². The zero-order valence-electron chi connectivity index (χ0n) is 13.0. The molecule has 1 aliphatic heterocycles. The molecule has 1 aliphatic rings. The molecule has 112 valence electrons. The lowest BCUT2D eigenvalue weighted by Gasteiger charge is -2.29. The van der Waals surface area contributed by atoms with E-state index in [-0.39, 0.29) is 0 Å². The highest BCUT2D eigenvalue weighted by atomic mass is 15.4. The monoisotopic (exact) mass is 299 g/mol. The first-order valence-electron chi connectivity index (χ1n) is 7.62. The van der Waals surface area contributed by atoms with Crippen LogP contribution in [0.5, 0.6) is 0 Å². The van der Waals surface area contributed by atoms with Gasteiger partial charge in [-0.25, -0.2) is 4.98 Å². The number of hydrogen-bond donors (Lipinski definition) is 0. The van der Waals surface area contributed by atoms with Crippen LogP contribution in [0.1, 0.15) is 5.56 Å². The number of nitrogens with zero attached hydrogens (tertiary/aromatic N) is 3. The van der Waals surface area contributed by atoms with Crippen LogP contribution in [0, 0.1) is 20.0 Å². The number of anilines is 4. The van der Waals surface area contributed by atoms with Gasteiger partial charge in [0.2, 0.25) is 0 Å². The number of para-hydroxylation sites is 2. The van der Waals surface area contributed by atoms with Crippen LogP contribution in [0.3, 0.4) is 0 Å². The molecule has 2 radical (unpaired) electrons.